The van der Waals surface area contributed by atoms with Crippen molar-refractivity contribution < 1.29 is 14.7 Å². The van der Waals surface area contributed by atoms with Gasteiger partial charge in [0, 0.05) is 18.2 Å². The van der Waals surface area contributed by atoms with Crippen molar-refractivity contribution in [1.29, 1.82) is 0 Å². The summed E-state index contributed by atoms with van der Waals surface area (Å²) in [6.07, 6.45) is 1.11. The van der Waals surface area contributed by atoms with Crippen LogP contribution in [0.15, 0.2) is 24.3 Å². The van der Waals surface area contributed by atoms with E-state index >= 15 is 0 Å². The summed E-state index contributed by atoms with van der Waals surface area (Å²) >= 11 is 0. The molecule has 0 aliphatic carbocycles. The molecule has 1 aromatic rings. The number of aryl methyl sites for hydroxylation is 1. The fourth-order valence-electron chi connectivity index (χ4n) is 3.21. The van der Waals surface area contributed by atoms with E-state index in [-0.39, 0.29) is 17.9 Å². The van der Waals surface area contributed by atoms with Gasteiger partial charge in [-0.1, -0.05) is 32.0 Å². The van der Waals surface area contributed by atoms with E-state index in [1.54, 1.807) is 4.90 Å². The fourth-order valence-corrected chi connectivity index (χ4v) is 3.21. The van der Waals surface area contributed by atoms with Crippen LogP contribution in [-0.2, 0) is 16.0 Å². The second-order valence-corrected chi connectivity index (χ2v) is 5.53. The van der Waals surface area contributed by atoms with Gasteiger partial charge >= 0.3 is 5.97 Å². The number of hydrogen-bond donors (Lipinski definition) is 1. The number of nitrogens with zero attached hydrogens (tertiary/aromatic N) is 1. The minimum atomic E-state index is -0.823. The normalized spacial score (nSPS) is 26.6. The van der Waals surface area contributed by atoms with E-state index in [2.05, 4.69) is 0 Å². The maximum atomic E-state index is 12.4. The lowest BCUT2D eigenvalue weighted by atomic mass is 9.80. The number of aliphatic carboxylic acids is 1. The van der Waals surface area contributed by atoms with Gasteiger partial charge in [0.2, 0.25) is 5.91 Å². The smallest absolute Gasteiger partial charge is 0.308 e. The molecule has 1 aromatic carbocycles. The third-order valence-electron chi connectivity index (χ3n) is 4.22. The number of anilines is 1. The Morgan fingerprint density at radius 1 is 1.35 bits per heavy atom. The van der Waals surface area contributed by atoms with Gasteiger partial charge in [0.15, 0.2) is 0 Å². The van der Waals surface area contributed by atoms with E-state index < -0.39 is 11.9 Å². The fraction of sp³-hybridized carbons (Fsp3) is 0.500. The molecule has 108 valence electrons. The van der Waals surface area contributed by atoms with Crippen molar-refractivity contribution in [2.75, 3.05) is 4.90 Å². The molecule has 1 aliphatic rings. The minimum absolute atomic E-state index is 0.0170. The monoisotopic (exact) mass is 275 g/mol. The Balaban J connectivity index is 2.43. The quantitative estimate of drug-likeness (QED) is 0.922. The van der Waals surface area contributed by atoms with Gasteiger partial charge < -0.3 is 10.0 Å². The zero-order valence-electron chi connectivity index (χ0n) is 12.2. The highest BCUT2D eigenvalue weighted by Crippen LogP contribution is 2.35. The number of amides is 1. The maximum Gasteiger partial charge on any atom is 0.308 e. The lowest BCUT2D eigenvalue weighted by molar-refractivity contribution is -0.146. The summed E-state index contributed by atoms with van der Waals surface area (Å²) in [6.45, 7) is 5.71. The first kappa shape index (κ1) is 14.6. The van der Waals surface area contributed by atoms with Crippen LogP contribution in [0.4, 0.5) is 5.69 Å². The summed E-state index contributed by atoms with van der Waals surface area (Å²) < 4.78 is 0. The molecule has 0 spiro atoms. The molecule has 3 unspecified atom stereocenters. The van der Waals surface area contributed by atoms with Gasteiger partial charge in [-0.25, -0.2) is 0 Å². The lowest BCUT2D eigenvalue weighted by Crippen LogP contribution is -2.53. The van der Waals surface area contributed by atoms with Crippen LogP contribution in [0.1, 0.15) is 32.8 Å². The van der Waals surface area contributed by atoms with E-state index in [4.69, 9.17) is 0 Å². The predicted octanol–water partition coefficient (Wildman–Crippen LogP) is 2.71. The van der Waals surface area contributed by atoms with Crippen molar-refractivity contribution in [3.05, 3.63) is 29.8 Å². The first-order chi connectivity index (χ1) is 9.47. The molecular formula is C16H21NO3. The number of para-hydroxylation sites is 1. The topological polar surface area (TPSA) is 57.6 Å². The first-order valence-corrected chi connectivity index (χ1v) is 7.10. The van der Waals surface area contributed by atoms with Crippen molar-refractivity contribution in [1.82, 2.24) is 0 Å². The number of hydrogen-bond acceptors (Lipinski definition) is 2. The first-order valence-electron chi connectivity index (χ1n) is 7.10. The molecule has 0 saturated carbocycles. The molecule has 4 nitrogen and oxygen atoms in total. The number of carboxylic acid groups (broad SMARTS) is 1. The zero-order valence-corrected chi connectivity index (χ0v) is 12.2. The summed E-state index contributed by atoms with van der Waals surface area (Å²) in [4.78, 5) is 25.5. The van der Waals surface area contributed by atoms with Crippen molar-refractivity contribution in [3.63, 3.8) is 0 Å². The Morgan fingerprint density at radius 3 is 2.60 bits per heavy atom. The molecule has 1 aliphatic heterocycles. The van der Waals surface area contributed by atoms with Crippen LogP contribution in [-0.4, -0.2) is 23.0 Å². The third kappa shape index (κ3) is 2.42. The number of carbonyl (C=O) groups excluding carboxylic acids is 1. The van der Waals surface area contributed by atoms with E-state index in [1.807, 2.05) is 45.0 Å². The van der Waals surface area contributed by atoms with E-state index in [1.165, 1.54) is 0 Å². The molecule has 1 amide bonds. The number of carboxylic acids is 1. The van der Waals surface area contributed by atoms with Crippen molar-refractivity contribution >= 4 is 17.6 Å². The molecule has 2 rings (SSSR count). The molecule has 0 aromatic heterocycles. The Morgan fingerprint density at radius 2 is 2.00 bits per heavy atom. The van der Waals surface area contributed by atoms with Crippen molar-refractivity contribution in [2.24, 2.45) is 11.8 Å². The molecule has 1 N–H and O–H groups in total. The molecular weight excluding hydrogens is 254 g/mol. The largest absolute Gasteiger partial charge is 0.481 e. The standard InChI is InChI=1S/C16H21NO3/c1-4-12-7-5-6-8-13(12)17-11(3)15(16(19)20)10(2)9-14(17)18/h5-8,10-11,15H,4,9H2,1-3H3,(H,19,20). The van der Waals surface area contributed by atoms with Crippen LogP contribution >= 0.6 is 0 Å². The van der Waals surface area contributed by atoms with Crippen LogP contribution in [0.25, 0.3) is 0 Å². The second-order valence-electron chi connectivity index (χ2n) is 5.53. The Kier molecular flexibility index (Phi) is 4.12. The second kappa shape index (κ2) is 5.65. The molecule has 20 heavy (non-hydrogen) atoms. The lowest BCUT2D eigenvalue weighted by Gasteiger charge is -2.41. The molecule has 1 heterocycles. The molecule has 4 heteroatoms. The van der Waals surface area contributed by atoms with Gasteiger partial charge in [-0.05, 0) is 30.9 Å². The van der Waals surface area contributed by atoms with Crippen LogP contribution in [0.3, 0.4) is 0 Å². The highest BCUT2D eigenvalue weighted by Gasteiger charge is 2.42. The third-order valence-corrected chi connectivity index (χ3v) is 4.22. The average molecular weight is 275 g/mol. The molecule has 3 atom stereocenters. The highest BCUT2D eigenvalue weighted by atomic mass is 16.4. The molecule has 0 radical (unpaired) electrons. The summed E-state index contributed by atoms with van der Waals surface area (Å²) in [5.41, 5.74) is 1.93. The zero-order chi connectivity index (χ0) is 14.9. The molecule has 0 bridgehead atoms. The summed E-state index contributed by atoms with van der Waals surface area (Å²) in [6, 6.07) is 7.41. The number of benzene rings is 1. The van der Waals surface area contributed by atoms with Crippen molar-refractivity contribution in [2.45, 2.75) is 39.7 Å². The van der Waals surface area contributed by atoms with Gasteiger partial charge in [0.1, 0.15) is 0 Å². The Hall–Kier alpha value is -1.84. The molecule has 1 fully saturated rings. The summed E-state index contributed by atoms with van der Waals surface area (Å²) in [5, 5.41) is 9.42. The van der Waals surface area contributed by atoms with Gasteiger partial charge in [0.05, 0.1) is 5.92 Å². The Labute approximate surface area is 119 Å². The number of rotatable bonds is 3. The van der Waals surface area contributed by atoms with Crippen LogP contribution < -0.4 is 4.90 Å². The van der Waals surface area contributed by atoms with E-state index in [0.717, 1.165) is 17.7 Å². The van der Waals surface area contributed by atoms with Gasteiger partial charge in [-0.3, -0.25) is 9.59 Å². The Bertz CT molecular complexity index is 526. The predicted molar refractivity (Wildman–Crippen MR) is 77.7 cm³/mol. The van der Waals surface area contributed by atoms with E-state index in [9.17, 15) is 14.7 Å². The number of carbonyl (C=O) groups is 2. The van der Waals surface area contributed by atoms with Crippen molar-refractivity contribution in [3.8, 4) is 0 Å². The minimum Gasteiger partial charge on any atom is -0.481 e. The SMILES string of the molecule is CCc1ccccc1N1C(=O)CC(C)C(C(=O)O)C1C. The average Bonchev–Trinajstić information content (AvgIpc) is 2.38. The summed E-state index contributed by atoms with van der Waals surface area (Å²) in [7, 11) is 0. The van der Waals surface area contributed by atoms with Crippen LogP contribution in [0.2, 0.25) is 0 Å². The van der Waals surface area contributed by atoms with E-state index in [0.29, 0.717) is 6.42 Å². The number of piperidine rings is 1. The van der Waals surface area contributed by atoms with Crippen LogP contribution in [0, 0.1) is 11.8 Å². The van der Waals surface area contributed by atoms with Gasteiger partial charge in [-0.2, -0.15) is 0 Å². The molecule has 1 saturated heterocycles. The van der Waals surface area contributed by atoms with Crippen LogP contribution in [0.5, 0.6) is 0 Å². The maximum absolute atomic E-state index is 12.4. The van der Waals surface area contributed by atoms with Gasteiger partial charge in [0.25, 0.3) is 0 Å². The highest BCUT2D eigenvalue weighted by molar-refractivity contribution is 5.97. The van der Waals surface area contributed by atoms with Gasteiger partial charge in [-0.15, -0.1) is 0 Å². The summed E-state index contributed by atoms with van der Waals surface area (Å²) in [5.74, 6) is -1.45.